The minimum Gasteiger partial charge on any atom is -0.494 e. The van der Waals surface area contributed by atoms with E-state index in [2.05, 4.69) is 34.6 Å². The average molecular weight is 481 g/mol. The van der Waals surface area contributed by atoms with Gasteiger partial charge in [-0.15, -0.1) is 0 Å². The zero-order chi connectivity index (χ0) is 25.5. The molecule has 0 bridgehead atoms. The maximum absolute atomic E-state index is 10.5. The average Bonchev–Trinajstić information content (AvgIpc) is 2.84. The van der Waals surface area contributed by atoms with Crippen molar-refractivity contribution >= 4 is 0 Å². The fourth-order valence-electron chi connectivity index (χ4n) is 4.89. The smallest absolute Gasteiger partial charge is 0.119 e. The first-order valence-electron chi connectivity index (χ1n) is 14.3. The van der Waals surface area contributed by atoms with E-state index in [0.29, 0.717) is 5.92 Å². The van der Waals surface area contributed by atoms with Crippen molar-refractivity contribution in [2.45, 2.75) is 105 Å². The summed E-state index contributed by atoms with van der Waals surface area (Å²) >= 11 is 0. The first-order valence-corrected chi connectivity index (χ1v) is 14.3. The van der Waals surface area contributed by atoms with Gasteiger partial charge in [0, 0.05) is 0 Å². The maximum Gasteiger partial charge on any atom is 0.119 e. The van der Waals surface area contributed by atoms with Crippen molar-refractivity contribution in [3.63, 3.8) is 0 Å². The van der Waals surface area contributed by atoms with Crippen molar-refractivity contribution in [3.8, 4) is 5.75 Å². The Hall–Kier alpha value is -1.80. The third-order valence-corrected chi connectivity index (χ3v) is 7.46. The van der Waals surface area contributed by atoms with Gasteiger partial charge in [-0.1, -0.05) is 135 Å². The van der Waals surface area contributed by atoms with Gasteiger partial charge >= 0.3 is 0 Å². The Labute approximate surface area is 216 Å². The van der Waals surface area contributed by atoms with Crippen molar-refractivity contribution < 1.29 is 9.84 Å². The summed E-state index contributed by atoms with van der Waals surface area (Å²) in [5, 5.41) is 10.5. The van der Waals surface area contributed by atoms with Crippen LogP contribution in [0.1, 0.15) is 116 Å². The van der Waals surface area contributed by atoms with Gasteiger partial charge in [-0.05, 0) is 53.4 Å². The highest BCUT2D eigenvalue weighted by atomic mass is 16.5. The molecule has 0 spiro atoms. The number of ether oxygens (including phenoxy) is 1. The predicted molar refractivity (Wildman–Crippen MR) is 151 cm³/mol. The summed E-state index contributed by atoms with van der Waals surface area (Å²) in [6, 6.07) is 17.6. The van der Waals surface area contributed by atoms with Gasteiger partial charge in [0.1, 0.15) is 11.9 Å². The van der Waals surface area contributed by atoms with Crippen molar-refractivity contribution in [2.24, 2.45) is 23.7 Å². The lowest BCUT2D eigenvalue weighted by molar-refractivity contribution is 0.220. The van der Waals surface area contributed by atoms with Crippen LogP contribution in [0.15, 0.2) is 54.6 Å². The van der Waals surface area contributed by atoms with Gasteiger partial charge in [0.2, 0.25) is 0 Å². The van der Waals surface area contributed by atoms with E-state index in [-0.39, 0.29) is 0 Å². The fourth-order valence-corrected chi connectivity index (χ4v) is 4.89. The van der Waals surface area contributed by atoms with Gasteiger partial charge in [0.05, 0.1) is 6.61 Å². The Morgan fingerprint density at radius 2 is 1.03 bits per heavy atom. The lowest BCUT2D eigenvalue weighted by Gasteiger charge is -2.16. The molecular formula is C33H52O2. The first kappa shape index (κ1) is 29.4. The minimum absolute atomic E-state index is 0.592. The standard InChI is InChI=1S/C33H52O2/c1-26(2)12-9-13-27(3)14-10-15-28(4)16-11-17-29(5)24-25-35-32-22-20-31(21-23-32)33(34)30-18-7-6-8-19-30/h6-8,18-23,26-29,33-34H,9-17,24-25H2,1-5H3/t27-,28-,29?,33?/m1/s1. The van der Waals surface area contributed by atoms with Gasteiger partial charge in [-0.3, -0.25) is 0 Å². The molecule has 2 heteroatoms. The molecule has 2 rings (SSSR count). The van der Waals surface area contributed by atoms with Crippen LogP contribution in [-0.4, -0.2) is 11.7 Å². The molecule has 2 aromatic carbocycles. The summed E-state index contributed by atoms with van der Waals surface area (Å²) in [7, 11) is 0. The Balaban J connectivity index is 1.53. The van der Waals surface area contributed by atoms with E-state index in [1.807, 2.05) is 54.6 Å². The van der Waals surface area contributed by atoms with Gasteiger partial charge in [0.25, 0.3) is 0 Å². The first-order chi connectivity index (χ1) is 16.8. The SMILES string of the molecule is CC(C)CCC[C@@H](C)CCC[C@@H](C)CCCC(C)CCOc1ccc(C(O)c2ccccc2)cc1. The van der Waals surface area contributed by atoms with Crippen LogP contribution in [0.2, 0.25) is 0 Å². The predicted octanol–water partition coefficient (Wildman–Crippen LogP) is 9.61. The number of benzene rings is 2. The number of aliphatic hydroxyl groups excluding tert-OH is 1. The lowest BCUT2D eigenvalue weighted by atomic mass is 9.91. The topological polar surface area (TPSA) is 29.5 Å². The van der Waals surface area contributed by atoms with Crippen LogP contribution < -0.4 is 4.74 Å². The quantitative estimate of drug-likeness (QED) is 0.230. The van der Waals surface area contributed by atoms with Gasteiger partial charge < -0.3 is 9.84 Å². The molecule has 0 amide bonds. The van der Waals surface area contributed by atoms with E-state index >= 15 is 0 Å². The molecule has 2 nitrogen and oxygen atoms in total. The van der Waals surface area contributed by atoms with Crippen LogP contribution in [0.25, 0.3) is 0 Å². The van der Waals surface area contributed by atoms with Crippen LogP contribution in [0.4, 0.5) is 0 Å². The highest BCUT2D eigenvalue weighted by Crippen LogP contribution is 2.25. The maximum atomic E-state index is 10.5. The second-order valence-corrected chi connectivity index (χ2v) is 11.5. The van der Waals surface area contributed by atoms with E-state index in [9.17, 15) is 5.11 Å². The summed E-state index contributed by atoms with van der Waals surface area (Å²) in [4.78, 5) is 0. The molecule has 0 aromatic heterocycles. The van der Waals surface area contributed by atoms with E-state index in [0.717, 1.165) is 47.7 Å². The molecule has 1 N–H and O–H groups in total. The zero-order valence-electron chi connectivity index (χ0n) is 23.2. The molecule has 0 saturated heterocycles. The van der Waals surface area contributed by atoms with E-state index < -0.39 is 6.10 Å². The molecule has 35 heavy (non-hydrogen) atoms. The van der Waals surface area contributed by atoms with Crippen molar-refractivity contribution in [1.82, 2.24) is 0 Å². The summed E-state index contributed by atoms with van der Waals surface area (Å²) < 4.78 is 5.98. The molecular weight excluding hydrogens is 428 g/mol. The second kappa shape index (κ2) is 16.8. The molecule has 196 valence electrons. The molecule has 0 heterocycles. The van der Waals surface area contributed by atoms with E-state index in [4.69, 9.17) is 4.74 Å². The summed E-state index contributed by atoms with van der Waals surface area (Å²) in [6.07, 6.45) is 12.9. The van der Waals surface area contributed by atoms with Gasteiger partial charge in [-0.25, -0.2) is 0 Å². The lowest BCUT2D eigenvalue weighted by Crippen LogP contribution is -2.06. The number of rotatable bonds is 18. The monoisotopic (exact) mass is 480 g/mol. The summed E-state index contributed by atoms with van der Waals surface area (Å²) in [6.45, 7) is 12.7. The number of hydrogen-bond donors (Lipinski definition) is 1. The molecule has 0 aliphatic carbocycles. The van der Waals surface area contributed by atoms with Crippen LogP contribution >= 0.6 is 0 Å². The van der Waals surface area contributed by atoms with E-state index in [1.165, 1.54) is 57.8 Å². The van der Waals surface area contributed by atoms with Crippen molar-refractivity contribution in [3.05, 3.63) is 65.7 Å². The minimum atomic E-state index is -0.592. The fraction of sp³-hybridized carbons (Fsp3) is 0.636. The van der Waals surface area contributed by atoms with Gasteiger partial charge in [-0.2, -0.15) is 0 Å². The molecule has 0 radical (unpaired) electrons. The van der Waals surface area contributed by atoms with Crippen LogP contribution in [0.3, 0.4) is 0 Å². The zero-order valence-corrected chi connectivity index (χ0v) is 23.2. The normalized spacial score (nSPS) is 15.1. The highest BCUT2D eigenvalue weighted by Gasteiger charge is 2.11. The van der Waals surface area contributed by atoms with Crippen LogP contribution in [0.5, 0.6) is 5.75 Å². The molecule has 0 saturated carbocycles. The van der Waals surface area contributed by atoms with E-state index in [1.54, 1.807) is 0 Å². The Morgan fingerprint density at radius 1 is 0.571 bits per heavy atom. The highest BCUT2D eigenvalue weighted by molar-refractivity contribution is 5.33. The molecule has 2 unspecified atom stereocenters. The molecule has 0 aliphatic heterocycles. The third-order valence-electron chi connectivity index (χ3n) is 7.46. The van der Waals surface area contributed by atoms with Crippen molar-refractivity contribution in [1.29, 1.82) is 0 Å². The van der Waals surface area contributed by atoms with Crippen molar-refractivity contribution in [2.75, 3.05) is 6.61 Å². The third kappa shape index (κ3) is 12.6. The molecule has 0 fully saturated rings. The summed E-state index contributed by atoms with van der Waals surface area (Å²) in [5.41, 5.74) is 1.81. The number of hydrogen-bond acceptors (Lipinski definition) is 2. The Bertz CT molecular complexity index is 767. The van der Waals surface area contributed by atoms with Crippen LogP contribution in [-0.2, 0) is 0 Å². The largest absolute Gasteiger partial charge is 0.494 e. The Kier molecular flexibility index (Phi) is 14.1. The Morgan fingerprint density at radius 3 is 1.54 bits per heavy atom. The van der Waals surface area contributed by atoms with Crippen LogP contribution in [0, 0.1) is 23.7 Å². The summed E-state index contributed by atoms with van der Waals surface area (Å²) in [5.74, 6) is 4.18. The van der Waals surface area contributed by atoms with Gasteiger partial charge in [0.15, 0.2) is 0 Å². The second-order valence-electron chi connectivity index (χ2n) is 11.5. The molecule has 2 aromatic rings. The molecule has 0 aliphatic rings. The molecule has 4 atom stereocenters. The number of aliphatic hydroxyl groups is 1.